The Labute approximate surface area is 112 Å². The molecule has 4 unspecified atom stereocenters. The van der Waals surface area contributed by atoms with Crippen molar-refractivity contribution in [2.75, 3.05) is 12.3 Å². The van der Waals surface area contributed by atoms with Crippen molar-refractivity contribution in [2.45, 2.75) is 42.6 Å². The summed E-state index contributed by atoms with van der Waals surface area (Å²) in [7, 11) is 0. The molecule has 2 rings (SSSR count). The van der Waals surface area contributed by atoms with E-state index < -0.39 is 0 Å². The van der Waals surface area contributed by atoms with Gasteiger partial charge in [0, 0.05) is 33.1 Å². The molecule has 0 amide bonds. The molecule has 0 spiro atoms. The van der Waals surface area contributed by atoms with Crippen LogP contribution in [0.1, 0.15) is 32.4 Å². The third-order valence-electron chi connectivity index (χ3n) is 3.27. The zero-order valence-corrected chi connectivity index (χ0v) is 12.3. The van der Waals surface area contributed by atoms with Gasteiger partial charge in [0.1, 0.15) is 0 Å². The highest BCUT2D eigenvalue weighted by Gasteiger charge is 2.32. The fourth-order valence-corrected chi connectivity index (χ4v) is 5.24. The van der Waals surface area contributed by atoms with Crippen molar-refractivity contribution in [3.8, 4) is 0 Å². The third kappa shape index (κ3) is 3.24. The van der Waals surface area contributed by atoms with E-state index in [1.54, 1.807) is 6.26 Å². The first-order valence-electron chi connectivity index (χ1n) is 6.25. The predicted molar refractivity (Wildman–Crippen MR) is 77.9 cm³/mol. The van der Waals surface area contributed by atoms with Crippen molar-refractivity contribution in [3.05, 3.63) is 24.2 Å². The fourth-order valence-electron chi connectivity index (χ4n) is 2.12. The Morgan fingerprint density at radius 2 is 2.29 bits per heavy atom. The second kappa shape index (κ2) is 6.21. The lowest BCUT2D eigenvalue weighted by Crippen LogP contribution is -2.37. The molecule has 0 aliphatic carbocycles. The molecule has 2 nitrogen and oxygen atoms in total. The van der Waals surface area contributed by atoms with Gasteiger partial charge in [-0.05, 0) is 12.6 Å². The van der Waals surface area contributed by atoms with Crippen molar-refractivity contribution in [1.82, 2.24) is 5.32 Å². The van der Waals surface area contributed by atoms with Crippen LogP contribution in [-0.4, -0.2) is 28.0 Å². The summed E-state index contributed by atoms with van der Waals surface area (Å²) >= 11 is 4.21. The largest absolute Gasteiger partial charge is 0.472 e. The highest BCUT2D eigenvalue weighted by Crippen LogP contribution is 2.41. The number of nitrogens with one attached hydrogen (secondary N) is 1. The molecule has 0 aromatic carbocycles. The third-order valence-corrected chi connectivity index (χ3v) is 6.77. The van der Waals surface area contributed by atoms with Gasteiger partial charge < -0.3 is 9.73 Å². The van der Waals surface area contributed by atoms with Crippen LogP contribution in [0.3, 0.4) is 0 Å². The molecule has 0 saturated carbocycles. The summed E-state index contributed by atoms with van der Waals surface area (Å²) in [6, 6.07) is 2.51. The van der Waals surface area contributed by atoms with Crippen molar-refractivity contribution in [3.63, 3.8) is 0 Å². The molecule has 4 atom stereocenters. The lowest BCUT2D eigenvalue weighted by Gasteiger charge is -2.35. The Kier molecular flexibility index (Phi) is 4.88. The Morgan fingerprint density at radius 1 is 1.47 bits per heavy atom. The molecule has 0 bridgehead atoms. The van der Waals surface area contributed by atoms with E-state index in [4.69, 9.17) is 4.42 Å². The minimum absolute atomic E-state index is 0.422. The Morgan fingerprint density at radius 3 is 2.88 bits per heavy atom. The number of hydrogen-bond donors (Lipinski definition) is 1. The van der Waals surface area contributed by atoms with Crippen LogP contribution >= 0.6 is 23.5 Å². The maximum atomic E-state index is 5.22. The van der Waals surface area contributed by atoms with Crippen LogP contribution in [0.25, 0.3) is 0 Å². The quantitative estimate of drug-likeness (QED) is 0.905. The van der Waals surface area contributed by atoms with E-state index in [-0.39, 0.29) is 0 Å². The summed E-state index contributed by atoms with van der Waals surface area (Å²) in [5, 5.41) is 5.73. The molecule has 1 saturated heterocycles. The molecule has 1 aliphatic rings. The van der Waals surface area contributed by atoms with E-state index in [0.717, 1.165) is 17.0 Å². The summed E-state index contributed by atoms with van der Waals surface area (Å²) in [5.41, 5.74) is 1.28. The van der Waals surface area contributed by atoms with E-state index in [9.17, 15) is 0 Å². The molecule has 4 heteroatoms. The van der Waals surface area contributed by atoms with Crippen LogP contribution < -0.4 is 5.32 Å². The summed E-state index contributed by atoms with van der Waals surface area (Å²) in [5.74, 6) is 1.22. The SMILES string of the molecule is CCNC(c1ccoc1)C1CSC(C)C(C)S1. The van der Waals surface area contributed by atoms with Gasteiger partial charge in [-0.25, -0.2) is 0 Å². The second-order valence-corrected chi connectivity index (χ2v) is 7.54. The predicted octanol–water partition coefficient (Wildman–Crippen LogP) is 3.56. The number of hydrogen-bond acceptors (Lipinski definition) is 4. The highest BCUT2D eigenvalue weighted by atomic mass is 32.2. The van der Waals surface area contributed by atoms with Crippen LogP contribution in [0.4, 0.5) is 0 Å². The zero-order chi connectivity index (χ0) is 12.3. The average molecular weight is 271 g/mol. The van der Waals surface area contributed by atoms with E-state index in [1.165, 1.54) is 11.3 Å². The molecule has 0 radical (unpaired) electrons. The Hall–Kier alpha value is -0.0600. The summed E-state index contributed by atoms with van der Waals surface area (Å²) in [6.45, 7) is 7.84. The molecule has 1 aromatic rings. The van der Waals surface area contributed by atoms with Crippen LogP contribution in [0.5, 0.6) is 0 Å². The standard InChI is InChI=1S/C13H21NOS2/c1-4-14-13(11-5-6-15-7-11)12-8-16-9(2)10(3)17-12/h5-7,9-10,12-14H,4,8H2,1-3H3. The molecule has 96 valence electrons. The van der Waals surface area contributed by atoms with E-state index in [0.29, 0.717) is 11.3 Å². The first kappa shape index (κ1) is 13.4. The lowest BCUT2D eigenvalue weighted by atomic mass is 10.1. The Balaban J connectivity index is 2.06. The highest BCUT2D eigenvalue weighted by molar-refractivity contribution is 8.07. The van der Waals surface area contributed by atoms with Crippen molar-refractivity contribution in [2.24, 2.45) is 0 Å². The summed E-state index contributed by atoms with van der Waals surface area (Å²) in [6.07, 6.45) is 3.65. The molecule has 1 aromatic heterocycles. The van der Waals surface area contributed by atoms with Crippen LogP contribution in [-0.2, 0) is 0 Å². The Bertz CT molecular complexity index is 328. The maximum Gasteiger partial charge on any atom is 0.0950 e. The normalized spacial score (nSPS) is 31.4. The van der Waals surface area contributed by atoms with Gasteiger partial charge >= 0.3 is 0 Å². The number of furan rings is 1. The van der Waals surface area contributed by atoms with Crippen molar-refractivity contribution < 1.29 is 4.42 Å². The molecular formula is C13H21NOS2. The van der Waals surface area contributed by atoms with Crippen LogP contribution in [0.15, 0.2) is 23.0 Å². The van der Waals surface area contributed by atoms with E-state index >= 15 is 0 Å². The minimum atomic E-state index is 0.422. The van der Waals surface area contributed by atoms with Gasteiger partial charge in [-0.15, -0.1) is 0 Å². The van der Waals surface area contributed by atoms with Gasteiger partial charge in [0.25, 0.3) is 0 Å². The second-order valence-electron chi connectivity index (χ2n) is 4.51. The monoisotopic (exact) mass is 271 g/mol. The van der Waals surface area contributed by atoms with E-state index in [2.05, 4.69) is 55.7 Å². The summed E-state index contributed by atoms with van der Waals surface area (Å²) < 4.78 is 5.22. The smallest absolute Gasteiger partial charge is 0.0950 e. The molecule has 1 aliphatic heterocycles. The van der Waals surface area contributed by atoms with Crippen molar-refractivity contribution >= 4 is 23.5 Å². The first-order valence-corrected chi connectivity index (χ1v) is 8.24. The first-order chi connectivity index (χ1) is 8.22. The number of rotatable bonds is 4. The maximum absolute atomic E-state index is 5.22. The van der Waals surface area contributed by atoms with Crippen molar-refractivity contribution in [1.29, 1.82) is 0 Å². The zero-order valence-electron chi connectivity index (χ0n) is 10.7. The lowest BCUT2D eigenvalue weighted by molar-refractivity contribution is 0.524. The van der Waals surface area contributed by atoms with Gasteiger partial charge in [-0.2, -0.15) is 23.5 Å². The van der Waals surface area contributed by atoms with Gasteiger partial charge in [0.15, 0.2) is 0 Å². The van der Waals surface area contributed by atoms with E-state index in [1.807, 2.05) is 6.26 Å². The molecular weight excluding hydrogens is 250 g/mol. The van der Waals surface area contributed by atoms with Gasteiger partial charge in [0.05, 0.1) is 12.5 Å². The number of thioether (sulfide) groups is 2. The fraction of sp³-hybridized carbons (Fsp3) is 0.692. The molecule has 1 N–H and O–H groups in total. The molecule has 1 fully saturated rings. The topological polar surface area (TPSA) is 25.2 Å². The minimum Gasteiger partial charge on any atom is -0.472 e. The summed E-state index contributed by atoms with van der Waals surface area (Å²) in [4.78, 5) is 0. The van der Waals surface area contributed by atoms with Gasteiger partial charge in [0.2, 0.25) is 0 Å². The molecule has 2 heterocycles. The molecule has 17 heavy (non-hydrogen) atoms. The van der Waals surface area contributed by atoms with Crippen LogP contribution in [0, 0.1) is 0 Å². The van der Waals surface area contributed by atoms with Crippen LogP contribution in [0.2, 0.25) is 0 Å². The average Bonchev–Trinajstić information content (AvgIpc) is 2.83. The van der Waals surface area contributed by atoms with Gasteiger partial charge in [-0.3, -0.25) is 0 Å². The van der Waals surface area contributed by atoms with Gasteiger partial charge in [-0.1, -0.05) is 20.8 Å².